The monoisotopic (exact) mass is 367 g/mol. The molecule has 7 heteroatoms. The van der Waals surface area contributed by atoms with Gasteiger partial charge in [0.05, 0.1) is 0 Å². The smallest absolute Gasteiger partial charge is 0.208 e. The number of aromatic nitrogens is 3. The Morgan fingerprint density at radius 1 is 1.24 bits per heavy atom. The van der Waals surface area contributed by atoms with Gasteiger partial charge >= 0.3 is 0 Å². The highest BCUT2D eigenvalue weighted by Gasteiger charge is 2.27. The molecule has 0 saturated heterocycles. The van der Waals surface area contributed by atoms with Crippen molar-refractivity contribution in [3.05, 3.63) is 28.0 Å². The summed E-state index contributed by atoms with van der Waals surface area (Å²) in [4.78, 5) is 4.53. The van der Waals surface area contributed by atoms with Gasteiger partial charge in [0.2, 0.25) is 5.16 Å². The molecule has 1 aliphatic heterocycles. The lowest BCUT2D eigenvalue weighted by Gasteiger charge is -2.19. The van der Waals surface area contributed by atoms with Crippen molar-refractivity contribution < 1.29 is 9.47 Å². The predicted octanol–water partition coefficient (Wildman–Crippen LogP) is 3.51. The molecule has 1 fully saturated rings. The number of fused-ring (bicyclic) bond motifs is 1. The fourth-order valence-corrected chi connectivity index (χ4v) is 3.67. The standard InChI is InChI=1S/C14H14BrN3O2S/c15-10-6-12-11(19-3-4-20-12)5-9(10)7-21-14-16-13(17-18-14)8-1-2-8/h5-6,8H,1-4,7H2,(H,16,17,18). The van der Waals surface area contributed by atoms with E-state index >= 15 is 0 Å². The maximum atomic E-state index is 5.62. The third-order valence-corrected chi connectivity index (χ3v) is 5.15. The molecule has 0 unspecified atom stereocenters. The number of hydrogen-bond donors (Lipinski definition) is 1. The number of nitrogens with zero attached hydrogens (tertiary/aromatic N) is 2. The van der Waals surface area contributed by atoms with Crippen LogP contribution < -0.4 is 9.47 Å². The molecule has 0 radical (unpaired) electrons. The van der Waals surface area contributed by atoms with Crippen LogP contribution >= 0.6 is 27.7 Å². The third-order valence-electron chi connectivity index (χ3n) is 3.51. The van der Waals surface area contributed by atoms with Crippen LogP contribution in [0.5, 0.6) is 11.5 Å². The average Bonchev–Trinajstić information content (AvgIpc) is 3.24. The lowest BCUT2D eigenvalue weighted by atomic mass is 10.2. The molecule has 1 aromatic heterocycles. The lowest BCUT2D eigenvalue weighted by molar-refractivity contribution is 0.171. The second-order valence-electron chi connectivity index (χ2n) is 5.15. The lowest BCUT2D eigenvalue weighted by Crippen LogP contribution is -2.15. The van der Waals surface area contributed by atoms with Crippen molar-refractivity contribution in [3.8, 4) is 11.5 Å². The van der Waals surface area contributed by atoms with Crippen LogP contribution in [0.2, 0.25) is 0 Å². The van der Waals surface area contributed by atoms with E-state index in [9.17, 15) is 0 Å². The molecule has 1 N–H and O–H groups in total. The normalized spacial score (nSPS) is 17.0. The molecule has 0 spiro atoms. The topological polar surface area (TPSA) is 60.0 Å². The fourth-order valence-electron chi connectivity index (χ4n) is 2.22. The summed E-state index contributed by atoms with van der Waals surface area (Å²) < 4.78 is 12.2. The number of halogens is 1. The van der Waals surface area contributed by atoms with Crippen LogP contribution in [0.3, 0.4) is 0 Å². The molecule has 0 bridgehead atoms. The van der Waals surface area contributed by atoms with Crippen molar-refractivity contribution in [1.29, 1.82) is 0 Å². The van der Waals surface area contributed by atoms with Crippen LogP contribution in [0.4, 0.5) is 0 Å². The minimum atomic E-state index is 0.604. The minimum absolute atomic E-state index is 0.604. The molecule has 0 atom stereocenters. The largest absolute Gasteiger partial charge is 0.486 e. The molecular formula is C14H14BrN3O2S. The number of hydrogen-bond acceptors (Lipinski definition) is 5. The van der Waals surface area contributed by atoms with E-state index in [1.807, 2.05) is 12.1 Å². The molecule has 5 nitrogen and oxygen atoms in total. The number of aromatic amines is 1. The van der Waals surface area contributed by atoms with Crippen molar-refractivity contribution in [3.63, 3.8) is 0 Å². The van der Waals surface area contributed by atoms with Crippen LogP contribution in [0.15, 0.2) is 21.8 Å². The quantitative estimate of drug-likeness (QED) is 0.837. The van der Waals surface area contributed by atoms with Crippen molar-refractivity contribution in [2.45, 2.75) is 29.7 Å². The zero-order valence-electron chi connectivity index (χ0n) is 11.3. The summed E-state index contributed by atoms with van der Waals surface area (Å²) in [5, 5.41) is 8.10. The van der Waals surface area contributed by atoms with Gasteiger partial charge in [-0.3, -0.25) is 5.10 Å². The summed E-state index contributed by atoms with van der Waals surface area (Å²) in [7, 11) is 0. The van der Waals surface area contributed by atoms with Gasteiger partial charge in [-0.2, -0.15) is 0 Å². The number of rotatable bonds is 4. The first-order valence-corrected chi connectivity index (χ1v) is 8.70. The van der Waals surface area contributed by atoms with Gasteiger partial charge < -0.3 is 9.47 Å². The Labute approximate surface area is 135 Å². The van der Waals surface area contributed by atoms with Crippen LogP contribution in [-0.2, 0) is 5.75 Å². The molecule has 2 aromatic rings. The van der Waals surface area contributed by atoms with Gasteiger partial charge in [0, 0.05) is 16.1 Å². The Kier molecular flexibility index (Phi) is 3.54. The van der Waals surface area contributed by atoms with Gasteiger partial charge in [-0.15, -0.1) is 5.10 Å². The zero-order chi connectivity index (χ0) is 14.2. The Balaban J connectivity index is 1.48. The summed E-state index contributed by atoms with van der Waals surface area (Å²) in [6.07, 6.45) is 2.46. The molecule has 110 valence electrons. The molecule has 2 heterocycles. The number of thioether (sulfide) groups is 1. The van der Waals surface area contributed by atoms with Gasteiger partial charge in [-0.05, 0) is 30.5 Å². The van der Waals surface area contributed by atoms with E-state index in [1.165, 1.54) is 12.8 Å². The van der Waals surface area contributed by atoms with Crippen LogP contribution in [0, 0.1) is 0 Å². The van der Waals surface area contributed by atoms with E-state index in [2.05, 4.69) is 31.1 Å². The Morgan fingerprint density at radius 3 is 2.76 bits per heavy atom. The third kappa shape index (κ3) is 2.89. The second-order valence-corrected chi connectivity index (χ2v) is 6.95. The molecule has 2 aliphatic rings. The zero-order valence-corrected chi connectivity index (χ0v) is 13.7. The van der Waals surface area contributed by atoms with Gasteiger partial charge in [-0.1, -0.05) is 27.7 Å². The first-order chi connectivity index (χ1) is 10.3. The Bertz CT molecular complexity index is 672. The summed E-state index contributed by atoms with van der Waals surface area (Å²) in [5.41, 5.74) is 1.15. The van der Waals surface area contributed by atoms with Gasteiger partial charge in [-0.25, -0.2) is 4.98 Å². The van der Waals surface area contributed by atoms with Gasteiger partial charge in [0.15, 0.2) is 11.5 Å². The fraction of sp³-hybridized carbons (Fsp3) is 0.429. The van der Waals surface area contributed by atoms with Crippen LogP contribution in [0.25, 0.3) is 0 Å². The summed E-state index contributed by atoms with van der Waals surface area (Å²) >= 11 is 5.21. The van der Waals surface area contributed by atoms with Crippen molar-refractivity contribution in [2.75, 3.05) is 13.2 Å². The van der Waals surface area contributed by atoms with Crippen LogP contribution in [0.1, 0.15) is 30.1 Å². The van der Waals surface area contributed by atoms with Crippen molar-refractivity contribution in [1.82, 2.24) is 15.2 Å². The highest BCUT2D eigenvalue weighted by Crippen LogP contribution is 2.39. The maximum absolute atomic E-state index is 5.62. The van der Waals surface area contributed by atoms with E-state index in [1.54, 1.807) is 11.8 Å². The van der Waals surface area contributed by atoms with E-state index in [0.29, 0.717) is 19.1 Å². The molecule has 0 amide bonds. The van der Waals surface area contributed by atoms with E-state index in [-0.39, 0.29) is 0 Å². The summed E-state index contributed by atoms with van der Waals surface area (Å²) in [5.74, 6) is 4.04. The Hall–Kier alpha value is -1.21. The van der Waals surface area contributed by atoms with Gasteiger partial charge in [0.25, 0.3) is 0 Å². The second kappa shape index (κ2) is 5.53. The number of nitrogens with one attached hydrogen (secondary N) is 1. The maximum Gasteiger partial charge on any atom is 0.208 e. The minimum Gasteiger partial charge on any atom is -0.486 e. The van der Waals surface area contributed by atoms with Crippen LogP contribution in [-0.4, -0.2) is 28.4 Å². The molecular weight excluding hydrogens is 354 g/mol. The predicted molar refractivity (Wildman–Crippen MR) is 83.1 cm³/mol. The van der Waals surface area contributed by atoms with Crippen molar-refractivity contribution >= 4 is 27.7 Å². The average molecular weight is 368 g/mol. The summed E-state index contributed by atoms with van der Waals surface area (Å²) in [6.45, 7) is 1.21. The molecule has 4 rings (SSSR count). The number of benzene rings is 1. The van der Waals surface area contributed by atoms with Crippen molar-refractivity contribution in [2.24, 2.45) is 0 Å². The molecule has 21 heavy (non-hydrogen) atoms. The first kappa shape index (κ1) is 13.5. The highest BCUT2D eigenvalue weighted by atomic mass is 79.9. The van der Waals surface area contributed by atoms with E-state index < -0.39 is 0 Å². The molecule has 1 saturated carbocycles. The van der Waals surface area contributed by atoms with E-state index in [4.69, 9.17) is 9.47 Å². The van der Waals surface area contributed by atoms with E-state index in [0.717, 1.165) is 38.3 Å². The molecule has 1 aromatic carbocycles. The summed E-state index contributed by atoms with van der Waals surface area (Å²) in [6, 6.07) is 4.00. The number of H-pyrrole nitrogens is 1. The highest BCUT2D eigenvalue weighted by molar-refractivity contribution is 9.10. The molecule has 1 aliphatic carbocycles. The Morgan fingerprint density at radius 2 is 2.00 bits per heavy atom. The first-order valence-electron chi connectivity index (χ1n) is 6.93. The van der Waals surface area contributed by atoms with Gasteiger partial charge in [0.1, 0.15) is 19.0 Å². The number of ether oxygens (including phenoxy) is 2. The SMILES string of the molecule is Brc1cc2c(cc1CSc1n[nH]c(C3CC3)n1)OCCO2.